The van der Waals surface area contributed by atoms with Crippen LogP contribution < -0.4 is 11.1 Å². The third-order valence-corrected chi connectivity index (χ3v) is 11.0. The number of rotatable bonds is 9. The molecule has 2 atom stereocenters. The van der Waals surface area contributed by atoms with Gasteiger partial charge in [0.2, 0.25) is 0 Å². The van der Waals surface area contributed by atoms with Crippen molar-refractivity contribution in [3.05, 3.63) is 129 Å². The van der Waals surface area contributed by atoms with Crippen molar-refractivity contribution in [1.82, 2.24) is 24.9 Å². The lowest BCUT2D eigenvalue weighted by molar-refractivity contribution is -0.132. The van der Waals surface area contributed by atoms with E-state index in [4.69, 9.17) is 5.73 Å². The minimum atomic E-state index is -1.74. The number of carbonyl (C=O) groups is 1. The largest absolute Gasteiger partial charge is 0.478 e. The molecule has 8 nitrogen and oxygen atoms in total. The summed E-state index contributed by atoms with van der Waals surface area (Å²) in [6.45, 7) is -0.408. The number of carboxylic acids is 1. The van der Waals surface area contributed by atoms with E-state index >= 15 is 17.6 Å². The number of hydrogen-bond donors (Lipinski definition) is 4. The van der Waals surface area contributed by atoms with Crippen molar-refractivity contribution in [2.24, 2.45) is 19.8 Å². The fourth-order valence-electron chi connectivity index (χ4n) is 6.34. The molecular weight excluding hydrogens is 656 g/mol. The van der Waals surface area contributed by atoms with Gasteiger partial charge in [-0.3, -0.25) is 9.36 Å². The summed E-state index contributed by atoms with van der Waals surface area (Å²) < 4.78 is 65.3. The van der Waals surface area contributed by atoms with Crippen molar-refractivity contribution in [3.63, 3.8) is 0 Å². The Bertz CT molecular complexity index is 2320. The molecule has 4 aromatic carbocycles. The van der Waals surface area contributed by atoms with Crippen LogP contribution in [0.25, 0.3) is 44.1 Å². The fraction of sp³-hybridized carbons (Fsp3) is 0.139. The first-order valence-electron chi connectivity index (χ1n) is 15.2. The highest BCUT2D eigenvalue weighted by atomic mass is 32.2. The van der Waals surface area contributed by atoms with E-state index in [-0.39, 0.29) is 29.8 Å². The molecule has 0 amide bonds. The second-order valence-electron chi connectivity index (χ2n) is 11.8. The van der Waals surface area contributed by atoms with Crippen LogP contribution in [0.3, 0.4) is 0 Å². The molecule has 1 aliphatic heterocycles. The van der Waals surface area contributed by atoms with E-state index < -0.39 is 45.5 Å². The first kappa shape index (κ1) is 32.3. The lowest BCUT2D eigenvalue weighted by Gasteiger charge is -2.27. The van der Waals surface area contributed by atoms with Gasteiger partial charge in [-0.15, -0.1) is 0 Å². The van der Waals surface area contributed by atoms with E-state index in [0.29, 0.717) is 38.2 Å². The number of halogens is 4. The molecule has 13 heteroatoms. The van der Waals surface area contributed by atoms with Crippen LogP contribution in [-0.4, -0.2) is 37.2 Å². The molecule has 2 aromatic heterocycles. The smallest absolute Gasteiger partial charge is 0.336 e. The van der Waals surface area contributed by atoms with Gasteiger partial charge in [-0.1, -0.05) is 24.3 Å². The number of thiol groups is 1. The number of nitrogens with zero attached hydrogens (tertiary/aromatic N) is 4. The minimum absolute atomic E-state index is 0.0874. The fourth-order valence-corrected chi connectivity index (χ4v) is 8.62. The van der Waals surface area contributed by atoms with E-state index in [1.807, 2.05) is 6.07 Å². The van der Waals surface area contributed by atoms with Gasteiger partial charge in [0.25, 0.3) is 0 Å². The lowest BCUT2D eigenvalue weighted by Crippen LogP contribution is -2.22. The van der Waals surface area contributed by atoms with Crippen molar-refractivity contribution >= 4 is 38.7 Å². The Kier molecular flexibility index (Phi) is 8.35. The van der Waals surface area contributed by atoms with E-state index in [0.717, 1.165) is 10.8 Å². The predicted octanol–water partition coefficient (Wildman–Crippen LogP) is 6.96. The summed E-state index contributed by atoms with van der Waals surface area (Å²) >= 11 is 0. The maximum absolute atomic E-state index is 15.7. The molecule has 0 spiro atoms. The summed E-state index contributed by atoms with van der Waals surface area (Å²) in [5.74, 6) is -4.57. The predicted molar refractivity (Wildman–Crippen MR) is 184 cm³/mol. The van der Waals surface area contributed by atoms with Crippen molar-refractivity contribution in [2.45, 2.75) is 11.9 Å². The van der Waals surface area contributed by atoms with E-state index in [9.17, 15) is 9.90 Å². The number of carboxylic acid groups (broad SMARTS) is 1. The number of benzene rings is 4. The molecule has 0 fully saturated rings. The molecule has 250 valence electrons. The van der Waals surface area contributed by atoms with Crippen molar-refractivity contribution in [2.75, 3.05) is 6.54 Å². The zero-order chi connectivity index (χ0) is 34.6. The van der Waals surface area contributed by atoms with Crippen molar-refractivity contribution in [3.8, 4) is 22.3 Å². The number of aryl methyl sites for hydroxylation is 2. The number of aliphatic carboxylic acids is 1. The molecule has 6 aromatic rings. The van der Waals surface area contributed by atoms with Gasteiger partial charge >= 0.3 is 5.97 Å². The van der Waals surface area contributed by atoms with Crippen LogP contribution in [0.15, 0.2) is 95.0 Å². The monoisotopic (exact) mass is 686 g/mol. The number of nitrogens with one attached hydrogen (secondary N) is 1. The normalized spacial score (nSPS) is 15.9. The Morgan fingerprint density at radius 3 is 1.86 bits per heavy atom. The molecule has 1 aliphatic rings. The molecule has 7 rings (SSSR count). The first-order valence-corrected chi connectivity index (χ1v) is 16.7. The highest BCUT2D eigenvalue weighted by Gasteiger charge is 2.31. The Morgan fingerprint density at radius 2 is 1.35 bits per heavy atom. The van der Waals surface area contributed by atoms with Crippen LogP contribution in [0.5, 0.6) is 0 Å². The third-order valence-electron chi connectivity index (χ3n) is 8.62. The summed E-state index contributed by atoms with van der Waals surface area (Å²) in [5.41, 5.74) is 9.00. The quantitative estimate of drug-likeness (QED) is 0.0967. The van der Waals surface area contributed by atoms with Gasteiger partial charge in [-0.05, 0) is 75.0 Å². The molecule has 2 unspecified atom stereocenters. The molecular formula is C36H30F4N6O2S. The molecule has 49 heavy (non-hydrogen) atoms. The van der Waals surface area contributed by atoms with Gasteiger partial charge in [0, 0.05) is 61.5 Å². The average molecular weight is 687 g/mol. The Hall–Kier alpha value is -5.24. The SMILES string of the molecule is Cn1cc2c(-c3cc(F)c(CNCC4=C(C(=O)O)C=C[SH]4C(N)c4c(F)cc(-c5cccc6nn(C)cc56)cc4F)c(F)c3)cccc2n1. The minimum Gasteiger partial charge on any atom is -0.478 e. The van der Waals surface area contributed by atoms with Crippen LogP contribution in [0.1, 0.15) is 16.5 Å². The summed E-state index contributed by atoms with van der Waals surface area (Å²) in [4.78, 5) is 12.4. The third kappa shape index (κ3) is 5.90. The number of hydrogen-bond acceptors (Lipinski definition) is 5. The molecule has 0 bridgehead atoms. The summed E-state index contributed by atoms with van der Waals surface area (Å²) in [7, 11) is 1.77. The number of aromatic nitrogens is 4. The maximum atomic E-state index is 15.7. The van der Waals surface area contributed by atoms with E-state index in [1.54, 1.807) is 71.6 Å². The van der Waals surface area contributed by atoms with Gasteiger partial charge in [-0.2, -0.15) is 21.1 Å². The van der Waals surface area contributed by atoms with Crippen LogP contribution in [-0.2, 0) is 25.4 Å². The van der Waals surface area contributed by atoms with Crippen molar-refractivity contribution in [1.29, 1.82) is 0 Å². The van der Waals surface area contributed by atoms with Crippen LogP contribution >= 0.6 is 10.9 Å². The molecule has 3 heterocycles. The second-order valence-corrected chi connectivity index (χ2v) is 14.0. The average Bonchev–Trinajstić information content (AvgIpc) is 3.76. The molecule has 0 aliphatic carbocycles. The highest BCUT2D eigenvalue weighted by molar-refractivity contribution is 8.23. The molecule has 4 N–H and O–H groups in total. The van der Waals surface area contributed by atoms with Crippen LogP contribution in [0.4, 0.5) is 17.6 Å². The van der Waals surface area contributed by atoms with Gasteiger partial charge in [0.1, 0.15) is 23.3 Å². The number of nitrogens with two attached hydrogens (primary N) is 1. The summed E-state index contributed by atoms with van der Waals surface area (Å²) in [6, 6.07) is 15.5. The topological polar surface area (TPSA) is 111 Å². The maximum Gasteiger partial charge on any atom is 0.336 e. The zero-order valence-electron chi connectivity index (χ0n) is 26.3. The van der Waals surface area contributed by atoms with Gasteiger partial charge in [-0.25, -0.2) is 22.4 Å². The molecule has 0 saturated heterocycles. The highest BCUT2D eigenvalue weighted by Crippen LogP contribution is 2.53. The van der Waals surface area contributed by atoms with Gasteiger partial charge in [0.15, 0.2) is 0 Å². The Morgan fingerprint density at radius 1 is 0.837 bits per heavy atom. The molecule has 0 radical (unpaired) electrons. The Balaban J connectivity index is 1.12. The number of fused-ring (bicyclic) bond motifs is 2. The van der Waals surface area contributed by atoms with Crippen LogP contribution in [0.2, 0.25) is 0 Å². The summed E-state index contributed by atoms with van der Waals surface area (Å²) in [5, 5.41) is 23.3. The summed E-state index contributed by atoms with van der Waals surface area (Å²) in [6.07, 6.45) is 4.89. The van der Waals surface area contributed by atoms with Crippen molar-refractivity contribution < 1.29 is 27.5 Å². The first-order chi connectivity index (χ1) is 23.5. The molecule has 0 saturated carbocycles. The second kappa shape index (κ2) is 12.7. The zero-order valence-corrected chi connectivity index (χ0v) is 27.1. The van der Waals surface area contributed by atoms with Crippen LogP contribution in [0, 0.1) is 23.3 Å². The lowest BCUT2D eigenvalue weighted by atomic mass is 10.00. The van der Waals surface area contributed by atoms with Gasteiger partial charge in [0.05, 0.1) is 22.0 Å². The standard InChI is InChI=1S/C36H30F4N6O2S/c1-45-17-25-21(5-3-7-31(25)43-45)19-11-27(37)24(28(38)12-19)15-42-16-33-23(36(47)48)9-10-49(33)35(41)34-29(39)13-20(14-30(34)40)22-6-4-8-32-26(22)18-46(2)44-32/h3-14,17-18,35,42,49H,15-16,41H2,1-2H3,(H,47,48). The van der Waals surface area contributed by atoms with E-state index in [1.165, 1.54) is 30.3 Å². The van der Waals surface area contributed by atoms with Gasteiger partial charge < -0.3 is 16.2 Å². The Labute approximate surface area is 280 Å². The van der Waals surface area contributed by atoms with E-state index in [2.05, 4.69) is 15.5 Å².